The van der Waals surface area contributed by atoms with Crippen molar-refractivity contribution in [3.63, 3.8) is 0 Å². The summed E-state index contributed by atoms with van der Waals surface area (Å²) in [6, 6.07) is 22.6. The number of hydrogen-bond donors (Lipinski definition) is 1. The Morgan fingerprint density at radius 1 is 0.974 bits per heavy atom. The van der Waals surface area contributed by atoms with Crippen LogP contribution in [0.15, 0.2) is 77.3 Å². The second-order valence-electron chi connectivity index (χ2n) is 9.18. The van der Waals surface area contributed by atoms with Gasteiger partial charge in [0.05, 0.1) is 24.8 Å². The molecule has 3 aromatic carbocycles. The molecule has 0 bridgehead atoms. The third kappa shape index (κ3) is 4.38. The summed E-state index contributed by atoms with van der Waals surface area (Å²) in [4.78, 5) is 26.2. The lowest BCUT2D eigenvalue weighted by molar-refractivity contribution is -0.140. The zero-order valence-corrected chi connectivity index (χ0v) is 21.4. The topological polar surface area (TPSA) is 102 Å². The van der Waals surface area contributed by atoms with Crippen molar-refractivity contribution < 1.29 is 28.7 Å². The molecule has 1 aromatic heterocycles. The van der Waals surface area contributed by atoms with Gasteiger partial charge in [-0.3, -0.25) is 4.79 Å². The number of carboxylic acids is 1. The number of nitrogens with zero attached hydrogens (tertiary/aromatic N) is 2. The van der Waals surface area contributed by atoms with E-state index in [4.69, 9.17) is 14.0 Å². The minimum absolute atomic E-state index is 0.200. The van der Waals surface area contributed by atoms with Gasteiger partial charge in [-0.25, -0.2) is 9.69 Å². The maximum absolute atomic E-state index is 13.2. The Balaban J connectivity index is 1.49. The van der Waals surface area contributed by atoms with Gasteiger partial charge in [-0.2, -0.15) is 0 Å². The monoisotopic (exact) mass is 512 g/mol. The SMILES string of the molecule is CCOC(=O)N(c1ccccc1OC)c1c(-c2ccc(-c3ccc(C4(C(=O)O)CC4)cc3)cc2)noc1C. The summed E-state index contributed by atoms with van der Waals surface area (Å²) < 4.78 is 16.4. The fraction of sp³-hybridized carbons (Fsp3) is 0.233. The Hall–Kier alpha value is -4.59. The Bertz CT molecular complexity index is 1470. The van der Waals surface area contributed by atoms with Crippen molar-refractivity contribution in [3.05, 3.63) is 84.1 Å². The Morgan fingerprint density at radius 2 is 1.58 bits per heavy atom. The molecule has 38 heavy (non-hydrogen) atoms. The number of aromatic nitrogens is 1. The van der Waals surface area contributed by atoms with Gasteiger partial charge in [-0.05, 0) is 55.5 Å². The second kappa shape index (κ2) is 10.0. The van der Waals surface area contributed by atoms with Crippen molar-refractivity contribution in [1.82, 2.24) is 5.16 Å². The van der Waals surface area contributed by atoms with E-state index in [9.17, 15) is 14.7 Å². The molecule has 1 heterocycles. The standard InChI is InChI=1S/C30H28N2O6/c1-4-37-29(35)32(24-7-5-6-8-25(24)36-3)27-19(2)38-31-26(27)22-11-9-20(10-12-22)21-13-15-23(16-14-21)30(17-18-30)28(33)34/h5-16H,4,17-18H2,1-3H3,(H,33,34). The Morgan fingerprint density at radius 3 is 2.16 bits per heavy atom. The number of amides is 1. The van der Waals surface area contributed by atoms with Crippen LogP contribution in [-0.2, 0) is 14.9 Å². The van der Waals surface area contributed by atoms with Crippen LogP contribution in [0.4, 0.5) is 16.2 Å². The summed E-state index contributed by atoms with van der Waals surface area (Å²) >= 11 is 0. The average Bonchev–Trinajstić information content (AvgIpc) is 3.68. The predicted molar refractivity (Wildman–Crippen MR) is 143 cm³/mol. The number of benzene rings is 3. The zero-order valence-electron chi connectivity index (χ0n) is 21.4. The summed E-state index contributed by atoms with van der Waals surface area (Å²) in [5.41, 5.74) is 4.26. The summed E-state index contributed by atoms with van der Waals surface area (Å²) in [5, 5.41) is 13.8. The smallest absolute Gasteiger partial charge is 0.419 e. The first kappa shape index (κ1) is 25.1. The van der Waals surface area contributed by atoms with Gasteiger partial charge in [0.25, 0.3) is 0 Å². The maximum Gasteiger partial charge on any atom is 0.419 e. The van der Waals surface area contributed by atoms with Crippen LogP contribution < -0.4 is 9.64 Å². The van der Waals surface area contributed by atoms with Crippen LogP contribution in [0.25, 0.3) is 22.4 Å². The molecule has 0 spiro atoms. The van der Waals surface area contributed by atoms with E-state index in [0.29, 0.717) is 41.4 Å². The average molecular weight is 513 g/mol. The second-order valence-corrected chi connectivity index (χ2v) is 9.18. The first-order chi connectivity index (χ1) is 18.4. The molecule has 5 rings (SSSR count). The van der Waals surface area contributed by atoms with Gasteiger partial charge in [0.2, 0.25) is 0 Å². The van der Waals surface area contributed by atoms with Gasteiger partial charge < -0.3 is 19.1 Å². The minimum Gasteiger partial charge on any atom is -0.495 e. The van der Waals surface area contributed by atoms with Crippen LogP contribution in [0.2, 0.25) is 0 Å². The molecule has 1 aliphatic carbocycles. The number of aliphatic carboxylic acids is 1. The van der Waals surface area contributed by atoms with E-state index >= 15 is 0 Å². The maximum atomic E-state index is 13.2. The highest BCUT2D eigenvalue weighted by molar-refractivity contribution is 6.01. The highest BCUT2D eigenvalue weighted by atomic mass is 16.6. The first-order valence-corrected chi connectivity index (χ1v) is 12.4. The molecule has 8 nitrogen and oxygen atoms in total. The number of methoxy groups -OCH3 is 1. The van der Waals surface area contributed by atoms with Crippen molar-refractivity contribution in [2.24, 2.45) is 0 Å². The van der Waals surface area contributed by atoms with E-state index in [1.54, 1.807) is 33.1 Å². The molecule has 1 N–H and O–H groups in total. The van der Waals surface area contributed by atoms with Crippen LogP contribution in [0.3, 0.4) is 0 Å². The molecular formula is C30H28N2O6. The molecule has 0 aliphatic heterocycles. The molecule has 1 saturated carbocycles. The lowest BCUT2D eigenvalue weighted by Gasteiger charge is -2.23. The lowest BCUT2D eigenvalue weighted by atomic mass is 9.93. The molecule has 0 radical (unpaired) electrons. The summed E-state index contributed by atoms with van der Waals surface area (Å²) in [7, 11) is 1.54. The lowest BCUT2D eigenvalue weighted by Crippen LogP contribution is -2.28. The van der Waals surface area contributed by atoms with Crippen LogP contribution >= 0.6 is 0 Å². The van der Waals surface area contributed by atoms with Crippen LogP contribution in [-0.4, -0.2) is 36.0 Å². The molecule has 0 saturated heterocycles. The first-order valence-electron chi connectivity index (χ1n) is 12.4. The number of carboxylic acid groups (broad SMARTS) is 1. The van der Waals surface area contributed by atoms with Gasteiger partial charge >= 0.3 is 12.1 Å². The molecule has 0 atom stereocenters. The number of carbonyl (C=O) groups is 2. The van der Waals surface area contributed by atoms with E-state index in [-0.39, 0.29) is 6.61 Å². The number of anilines is 2. The molecule has 8 heteroatoms. The summed E-state index contributed by atoms with van der Waals surface area (Å²) in [6.45, 7) is 3.69. The predicted octanol–water partition coefficient (Wildman–Crippen LogP) is 6.74. The molecule has 1 amide bonds. The highest BCUT2D eigenvalue weighted by Gasteiger charge is 2.51. The Labute approximate surface area is 220 Å². The molecule has 1 fully saturated rings. The molecule has 194 valence electrons. The third-order valence-corrected chi connectivity index (χ3v) is 6.92. The molecular weight excluding hydrogens is 484 g/mol. The van der Waals surface area contributed by atoms with Crippen molar-refractivity contribution >= 4 is 23.4 Å². The third-order valence-electron chi connectivity index (χ3n) is 6.92. The quantitative estimate of drug-likeness (QED) is 0.279. The van der Waals surface area contributed by atoms with Crippen LogP contribution in [0, 0.1) is 6.92 Å². The van der Waals surface area contributed by atoms with E-state index < -0.39 is 17.5 Å². The minimum atomic E-state index is -0.765. The van der Waals surface area contributed by atoms with Gasteiger partial charge in [-0.1, -0.05) is 65.8 Å². The summed E-state index contributed by atoms with van der Waals surface area (Å²) in [5.74, 6) is 0.186. The van der Waals surface area contributed by atoms with Gasteiger partial charge in [0.1, 0.15) is 17.1 Å². The zero-order chi connectivity index (χ0) is 26.9. The van der Waals surface area contributed by atoms with Gasteiger partial charge in [0.15, 0.2) is 5.76 Å². The van der Waals surface area contributed by atoms with E-state index in [1.165, 1.54) is 4.90 Å². The van der Waals surface area contributed by atoms with Crippen molar-refractivity contribution in [2.45, 2.75) is 32.1 Å². The molecule has 4 aromatic rings. The number of para-hydroxylation sites is 2. The van der Waals surface area contributed by atoms with Gasteiger partial charge in [0, 0.05) is 5.56 Å². The number of rotatable bonds is 8. The fourth-order valence-electron chi connectivity index (χ4n) is 4.69. The van der Waals surface area contributed by atoms with Gasteiger partial charge in [-0.15, -0.1) is 0 Å². The fourth-order valence-corrected chi connectivity index (χ4v) is 4.69. The van der Waals surface area contributed by atoms with E-state index in [2.05, 4.69) is 5.16 Å². The molecule has 1 aliphatic rings. The Kier molecular flexibility index (Phi) is 6.63. The number of ether oxygens (including phenoxy) is 2. The van der Waals surface area contributed by atoms with Crippen LogP contribution in [0.1, 0.15) is 31.1 Å². The number of carbonyl (C=O) groups excluding carboxylic acids is 1. The van der Waals surface area contributed by atoms with Crippen molar-refractivity contribution in [3.8, 4) is 28.1 Å². The summed E-state index contributed by atoms with van der Waals surface area (Å²) in [6.07, 6.45) is 0.775. The van der Waals surface area contributed by atoms with Crippen molar-refractivity contribution in [1.29, 1.82) is 0 Å². The van der Waals surface area contributed by atoms with Crippen LogP contribution in [0.5, 0.6) is 5.75 Å². The number of aryl methyl sites for hydroxylation is 1. The largest absolute Gasteiger partial charge is 0.495 e. The number of hydrogen-bond acceptors (Lipinski definition) is 6. The molecule has 0 unspecified atom stereocenters. The highest BCUT2D eigenvalue weighted by Crippen LogP contribution is 2.48. The normalized spacial score (nSPS) is 13.6. The van der Waals surface area contributed by atoms with Crippen molar-refractivity contribution in [2.75, 3.05) is 18.6 Å². The van der Waals surface area contributed by atoms with E-state index in [1.807, 2.05) is 60.7 Å². The van der Waals surface area contributed by atoms with E-state index in [0.717, 1.165) is 22.3 Å².